The maximum absolute atomic E-state index is 12.5. The highest BCUT2D eigenvalue weighted by atomic mass is 35.5. The molecule has 1 aromatic heterocycles. The molecule has 3 rings (SSSR count). The molecule has 0 radical (unpaired) electrons. The number of thiophene rings is 1. The lowest BCUT2D eigenvalue weighted by molar-refractivity contribution is -0.121. The molecule has 0 spiro atoms. The average molecular weight is 335 g/mol. The molecule has 2 heterocycles. The van der Waals surface area contributed by atoms with Gasteiger partial charge in [0.05, 0.1) is 4.88 Å². The second-order valence-electron chi connectivity index (χ2n) is 5.24. The number of carbonyl (C=O) groups is 2. The lowest BCUT2D eigenvalue weighted by atomic mass is 10.1. The van der Waals surface area contributed by atoms with Crippen LogP contribution in [0.5, 0.6) is 0 Å². The van der Waals surface area contributed by atoms with Gasteiger partial charge < -0.3 is 9.80 Å². The molecule has 1 aromatic carbocycles. The van der Waals surface area contributed by atoms with Crippen LogP contribution >= 0.6 is 22.9 Å². The van der Waals surface area contributed by atoms with Gasteiger partial charge in [-0.05, 0) is 42.6 Å². The van der Waals surface area contributed by atoms with Crippen molar-refractivity contribution < 1.29 is 9.59 Å². The van der Waals surface area contributed by atoms with Crippen LogP contribution in [0.3, 0.4) is 0 Å². The third-order valence-electron chi connectivity index (χ3n) is 3.72. The van der Waals surface area contributed by atoms with Gasteiger partial charge in [0, 0.05) is 23.3 Å². The standard InChI is InChI=1S/C16H15ClN2O2S/c1-11-9-19(13-6-4-12(17)5-7-13)15(20)10-18(11)16(21)14-3-2-8-22-14/h2-8,11H,9-10H2,1H3/t11-/m0/s1. The summed E-state index contributed by atoms with van der Waals surface area (Å²) in [6.07, 6.45) is 0. The Hall–Kier alpha value is -1.85. The lowest BCUT2D eigenvalue weighted by Gasteiger charge is -2.39. The van der Waals surface area contributed by atoms with Crippen LogP contribution in [0.4, 0.5) is 5.69 Å². The van der Waals surface area contributed by atoms with Gasteiger partial charge in [-0.1, -0.05) is 17.7 Å². The maximum atomic E-state index is 12.5. The molecule has 2 amide bonds. The molecule has 1 saturated heterocycles. The number of rotatable bonds is 2. The Balaban J connectivity index is 1.78. The first-order chi connectivity index (χ1) is 10.6. The number of hydrogen-bond donors (Lipinski definition) is 0. The van der Waals surface area contributed by atoms with E-state index in [-0.39, 0.29) is 24.4 Å². The monoisotopic (exact) mass is 334 g/mol. The fraction of sp³-hybridized carbons (Fsp3) is 0.250. The van der Waals surface area contributed by atoms with Crippen LogP contribution in [0, 0.1) is 0 Å². The van der Waals surface area contributed by atoms with Gasteiger partial charge in [0.25, 0.3) is 5.91 Å². The summed E-state index contributed by atoms with van der Waals surface area (Å²) in [5.74, 6) is -0.156. The predicted molar refractivity (Wildman–Crippen MR) is 88.6 cm³/mol. The lowest BCUT2D eigenvalue weighted by Crippen LogP contribution is -2.57. The quantitative estimate of drug-likeness (QED) is 0.845. The van der Waals surface area contributed by atoms with E-state index < -0.39 is 0 Å². The molecule has 0 bridgehead atoms. The summed E-state index contributed by atoms with van der Waals surface area (Å²) in [4.78, 5) is 28.9. The van der Waals surface area contributed by atoms with Crippen molar-refractivity contribution in [2.75, 3.05) is 18.0 Å². The number of amides is 2. The van der Waals surface area contributed by atoms with E-state index in [0.29, 0.717) is 16.4 Å². The molecular weight excluding hydrogens is 320 g/mol. The van der Waals surface area contributed by atoms with Crippen molar-refractivity contribution in [3.05, 3.63) is 51.7 Å². The molecule has 1 aliphatic heterocycles. The summed E-state index contributed by atoms with van der Waals surface area (Å²) in [7, 11) is 0. The molecule has 114 valence electrons. The molecule has 4 nitrogen and oxygen atoms in total. The summed E-state index contributed by atoms with van der Waals surface area (Å²) in [5.41, 5.74) is 0.810. The number of benzene rings is 1. The van der Waals surface area contributed by atoms with Crippen molar-refractivity contribution in [2.24, 2.45) is 0 Å². The topological polar surface area (TPSA) is 40.6 Å². The van der Waals surface area contributed by atoms with Gasteiger partial charge in [0.2, 0.25) is 5.91 Å². The summed E-state index contributed by atoms with van der Waals surface area (Å²) in [6.45, 7) is 2.54. The number of nitrogens with zero attached hydrogens (tertiary/aromatic N) is 2. The van der Waals surface area contributed by atoms with Crippen LogP contribution in [0.15, 0.2) is 41.8 Å². The van der Waals surface area contributed by atoms with E-state index in [2.05, 4.69) is 0 Å². The summed E-state index contributed by atoms with van der Waals surface area (Å²) in [5, 5.41) is 2.50. The predicted octanol–water partition coefficient (Wildman–Crippen LogP) is 3.28. The Morgan fingerprint density at radius 3 is 2.64 bits per heavy atom. The van der Waals surface area contributed by atoms with Gasteiger partial charge in [-0.15, -0.1) is 11.3 Å². The molecule has 22 heavy (non-hydrogen) atoms. The van der Waals surface area contributed by atoms with Crippen LogP contribution in [0.1, 0.15) is 16.6 Å². The van der Waals surface area contributed by atoms with E-state index in [1.54, 1.807) is 28.0 Å². The molecular formula is C16H15ClN2O2S. The maximum Gasteiger partial charge on any atom is 0.264 e. The average Bonchev–Trinajstić information content (AvgIpc) is 3.04. The molecule has 0 saturated carbocycles. The first kappa shape index (κ1) is 15.1. The molecule has 1 fully saturated rings. The van der Waals surface area contributed by atoms with Crippen LogP contribution < -0.4 is 4.90 Å². The zero-order valence-electron chi connectivity index (χ0n) is 12.0. The van der Waals surface area contributed by atoms with Gasteiger partial charge in [-0.2, -0.15) is 0 Å². The third kappa shape index (κ3) is 2.87. The SMILES string of the molecule is C[C@H]1CN(c2ccc(Cl)cc2)C(=O)CN1C(=O)c1cccs1. The first-order valence-electron chi connectivity index (χ1n) is 6.96. The molecule has 2 aromatic rings. The first-order valence-corrected chi connectivity index (χ1v) is 8.22. The van der Waals surface area contributed by atoms with Crippen molar-refractivity contribution in [1.29, 1.82) is 0 Å². The Labute approximate surface area is 137 Å². The van der Waals surface area contributed by atoms with Gasteiger partial charge in [-0.25, -0.2) is 0 Å². The molecule has 6 heteroatoms. The summed E-state index contributed by atoms with van der Waals surface area (Å²) < 4.78 is 0. The number of carbonyl (C=O) groups excluding carboxylic acids is 2. The summed E-state index contributed by atoms with van der Waals surface area (Å²) in [6, 6.07) is 10.8. The van der Waals surface area contributed by atoms with E-state index in [9.17, 15) is 9.59 Å². The van der Waals surface area contributed by atoms with E-state index >= 15 is 0 Å². The van der Waals surface area contributed by atoms with Crippen molar-refractivity contribution in [1.82, 2.24) is 4.90 Å². The number of halogens is 1. The molecule has 0 N–H and O–H groups in total. The van der Waals surface area contributed by atoms with Crippen LogP contribution in [0.25, 0.3) is 0 Å². The highest BCUT2D eigenvalue weighted by molar-refractivity contribution is 7.12. The highest BCUT2D eigenvalue weighted by Crippen LogP contribution is 2.24. The van der Waals surface area contributed by atoms with Crippen molar-refractivity contribution in [3.8, 4) is 0 Å². The smallest absolute Gasteiger partial charge is 0.264 e. The number of piperazine rings is 1. The zero-order chi connectivity index (χ0) is 15.7. The Kier molecular flexibility index (Phi) is 4.18. The number of anilines is 1. The fourth-order valence-corrected chi connectivity index (χ4v) is 3.34. The Morgan fingerprint density at radius 1 is 1.27 bits per heavy atom. The Morgan fingerprint density at radius 2 is 2.00 bits per heavy atom. The minimum Gasteiger partial charge on any atom is -0.324 e. The summed E-state index contributed by atoms with van der Waals surface area (Å²) >= 11 is 7.28. The van der Waals surface area contributed by atoms with Gasteiger partial charge >= 0.3 is 0 Å². The minimum absolute atomic E-state index is 0.0389. The van der Waals surface area contributed by atoms with Crippen molar-refractivity contribution >= 4 is 40.4 Å². The van der Waals surface area contributed by atoms with Crippen molar-refractivity contribution in [3.63, 3.8) is 0 Å². The van der Waals surface area contributed by atoms with E-state index in [4.69, 9.17) is 11.6 Å². The van der Waals surface area contributed by atoms with Crippen LogP contribution in [-0.4, -0.2) is 35.8 Å². The third-order valence-corrected chi connectivity index (χ3v) is 4.83. The number of hydrogen-bond acceptors (Lipinski definition) is 3. The van der Waals surface area contributed by atoms with Gasteiger partial charge in [0.1, 0.15) is 6.54 Å². The van der Waals surface area contributed by atoms with Gasteiger partial charge in [-0.3, -0.25) is 9.59 Å². The zero-order valence-corrected chi connectivity index (χ0v) is 13.6. The normalized spacial score (nSPS) is 18.6. The largest absolute Gasteiger partial charge is 0.324 e. The fourth-order valence-electron chi connectivity index (χ4n) is 2.54. The van der Waals surface area contributed by atoms with Crippen molar-refractivity contribution in [2.45, 2.75) is 13.0 Å². The second kappa shape index (κ2) is 6.10. The van der Waals surface area contributed by atoms with Crippen LogP contribution in [-0.2, 0) is 4.79 Å². The van der Waals surface area contributed by atoms with Crippen LogP contribution in [0.2, 0.25) is 5.02 Å². The molecule has 0 unspecified atom stereocenters. The van der Waals surface area contributed by atoms with Gasteiger partial charge in [0.15, 0.2) is 0 Å². The minimum atomic E-state index is -0.0784. The Bertz CT molecular complexity index is 685. The van der Waals surface area contributed by atoms with E-state index in [0.717, 1.165) is 5.69 Å². The highest BCUT2D eigenvalue weighted by Gasteiger charge is 2.33. The second-order valence-corrected chi connectivity index (χ2v) is 6.62. The molecule has 1 aliphatic rings. The molecule has 0 aliphatic carbocycles. The van der Waals surface area contributed by atoms with E-state index in [1.807, 2.05) is 30.5 Å². The van der Waals surface area contributed by atoms with E-state index in [1.165, 1.54) is 11.3 Å². The molecule has 1 atom stereocenters.